The maximum Gasteiger partial charge on any atom is 0.330 e. The number of nitrogens with one attached hydrogen (secondary N) is 1. The zero-order chi connectivity index (χ0) is 11.4. The van der Waals surface area contributed by atoms with E-state index in [0.29, 0.717) is 13.2 Å². The van der Waals surface area contributed by atoms with Crippen molar-refractivity contribution in [2.24, 2.45) is 0 Å². The lowest BCUT2D eigenvalue weighted by Crippen LogP contribution is -2.17. The summed E-state index contributed by atoms with van der Waals surface area (Å²) in [5.41, 5.74) is 0. The number of rotatable bonds is 9. The molecule has 0 aromatic rings. The minimum Gasteiger partial charge on any atom is -0.463 e. The van der Waals surface area contributed by atoms with Crippen LogP contribution in [0, 0.1) is 0 Å². The summed E-state index contributed by atoms with van der Waals surface area (Å²) in [6.45, 7) is 7.50. The Balaban J connectivity index is 3.22. The van der Waals surface area contributed by atoms with Gasteiger partial charge in [-0.2, -0.15) is 11.8 Å². The first kappa shape index (κ1) is 14.3. The topological polar surface area (TPSA) is 38.3 Å². The van der Waals surface area contributed by atoms with Crippen molar-refractivity contribution in [2.75, 3.05) is 31.2 Å². The zero-order valence-electron chi connectivity index (χ0n) is 9.20. The molecule has 0 saturated heterocycles. The van der Waals surface area contributed by atoms with Crippen molar-refractivity contribution in [3.63, 3.8) is 0 Å². The lowest BCUT2D eigenvalue weighted by Gasteiger charge is -1.99. The molecule has 0 spiro atoms. The third-order valence-electron chi connectivity index (χ3n) is 1.46. The van der Waals surface area contributed by atoms with Crippen LogP contribution in [0.3, 0.4) is 0 Å². The van der Waals surface area contributed by atoms with Crippen LogP contribution in [0.1, 0.15) is 6.92 Å². The summed E-state index contributed by atoms with van der Waals surface area (Å²) in [4.78, 5) is 10.9. The fraction of sp³-hybridized carbons (Fsp3) is 0.545. The maximum absolute atomic E-state index is 10.9. The van der Waals surface area contributed by atoms with E-state index in [1.54, 1.807) is 13.0 Å². The normalized spacial score (nSPS) is 10.5. The molecule has 0 aromatic heterocycles. The quantitative estimate of drug-likeness (QED) is 0.282. The highest BCUT2D eigenvalue weighted by Crippen LogP contribution is 1.96. The molecule has 3 nitrogen and oxygen atoms in total. The van der Waals surface area contributed by atoms with Gasteiger partial charge >= 0.3 is 5.97 Å². The summed E-state index contributed by atoms with van der Waals surface area (Å²) in [6, 6.07) is 0. The molecule has 0 unspecified atom stereocenters. The van der Waals surface area contributed by atoms with E-state index in [1.165, 1.54) is 6.08 Å². The van der Waals surface area contributed by atoms with Crippen molar-refractivity contribution in [3.8, 4) is 0 Å². The summed E-state index contributed by atoms with van der Waals surface area (Å²) >= 11 is 1.83. The van der Waals surface area contributed by atoms with Crippen LogP contribution in [0.2, 0.25) is 0 Å². The van der Waals surface area contributed by atoms with Crippen molar-refractivity contribution >= 4 is 17.7 Å². The van der Waals surface area contributed by atoms with E-state index in [-0.39, 0.29) is 5.97 Å². The van der Waals surface area contributed by atoms with Gasteiger partial charge in [-0.1, -0.05) is 12.2 Å². The largest absolute Gasteiger partial charge is 0.463 e. The average Bonchev–Trinajstić information content (AvgIpc) is 2.22. The molecule has 0 aromatic carbocycles. The third-order valence-corrected chi connectivity index (χ3v) is 2.43. The van der Waals surface area contributed by atoms with Crippen molar-refractivity contribution in [3.05, 3.63) is 24.8 Å². The van der Waals surface area contributed by atoms with Gasteiger partial charge in [0.15, 0.2) is 0 Å². The van der Waals surface area contributed by atoms with E-state index in [0.717, 1.165) is 18.1 Å². The van der Waals surface area contributed by atoms with E-state index in [9.17, 15) is 4.79 Å². The predicted octanol–water partition coefficient (Wildman–Crippen LogP) is 1.61. The Morgan fingerprint density at radius 3 is 3.07 bits per heavy atom. The van der Waals surface area contributed by atoms with Gasteiger partial charge in [-0.3, -0.25) is 0 Å². The number of thioether (sulfide) groups is 1. The number of carbonyl (C=O) groups is 1. The summed E-state index contributed by atoms with van der Waals surface area (Å²) in [6.07, 6.45) is 5.12. The van der Waals surface area contributed by atoms with Gasteiger partial charge in [-0.15, -0.1) is 6.58 Å². The Labute approximate surface area is 96.0 Å². The Kier molecular flexibility index (Phi) is 10.8. The molecule has 0 rings (SSSR count). The maximum atomic E-state index is 10.9. The van der Waals surface area contributed by atoms with E-state index >= 15 is 0 Å². The van der Waals surface area contributed by atoms with Gasteiger partial charge in [-0.25, -0.2) is 4.79 Å². The molecule has 0 amide bonds. The van der Waals surface area contributed by atoms with Crippen molar-refractivity contribution in [2.45, 2.75) is 6.92 Å². The van der Waals surface area contributed by atoms with Crippen LogP contribution >= 0.6 is 11.8 Å². The van der Waals surface area contributed by atoms with E-state index in [2.05, 4.69) is 11.9 Å². The number of ether oxygens (including phenoxy) is 1. The first-order valence-corrected chi connectivity index (χ1v) is 6.19. The first-order chi connectivity index (χ1) is 7.31. The third kappa shape index (κ3) is 11.2. The fourth-order valence-electron chi connectivity index (χ4n) is 0.842. The second kappa shape index (κ2) is 11.3. The van der Waals surface area contributed by atoms with Gasteiger partial charge in [0.05, 0.1) is 6.61 Å². The Hall–Kier alpha value is -0.740. The summed E-state index contributed by atoms with van der Waals surface area (Å²) < 4.78 is 4.73. The minimum atomic E-state index is -0.277. The van der Waals surface area contributed by atoms with Crippen LogP contribution in [-0.2, 0) is 9.53 Å². The molecule has 0 atom stereocenters. The molecule has 4 heteroatoms. The lowest BCUT2D eigenvalue weighted by molar-refractivity contribution is -0.137. The van der Waals surface area contributed by atoms with Gasteiger partial charge in [0.25, 0.3) is 0 Å². The minimum absolute atomic E-state index is 0.277. The molecule has 0 saturated carbocycles. The number of carbonyl (C=O) groups excluding carboxylic acids is 1. The SMILES string of the molecule is C=CCSCCNC/C=C/C(=O)OCC. The molecule has 0 aliphatic rings. The van der Waals surface area contributed by atoms with Crippen LogP contribution in [-0.4, -0.2) is 37.2 Å². The molecule has 0 heterocycles. The second-order valence-corrected chi connectivity index (χ2v) is 3.87. The van der Waals surface area contributed by atoms with E-state index in [1.807, 2.05) is 17.8 Å². The van der Waals surface area contributed by atoms with E-state index in [4.69, 9.17) is 4.74 Å². The highest BCUT2D eigenvalue weighted by Gasteiger charge is 1.91. The summed E-state index contributed by atoms with van der Waals surface area (Å²) in [7, 11) is 0. The molecule has 0 bridgehead atoms. The number of esters is 1. The Morgan fingerprint density at radius 2 is 2.40 bits per heavy atom. The van der Waals surface area contributed by atoms with E-state index < -0.39 is 0 Å². The van der Waals surface area contributed by atoms with Gasteiger partial charge < -0.3 is 10.1 Å². The number of hydrogen-bond acceptors (Lipinski definition) is 4. The van der Waals surface area contributed by atoms with Crippen LogP contribution in [0.15, 0.2) is 24.8 Å². The van der Waals surface area contributed by atoms with Gasteiger partial charge in [0.2, 0.25) is 0 Å². The standard InChI is InChI=1S/C11H19NO2S/c1-3-9-15-10-8-12-7-5-6-11(13)14-4-2/h3,5-6,12H,1,4,7-10H2,2H3/b6-5+. The second-order valence-electron chi connectivity index (χ2n) is 2.72. The average molecular weight is 229 g/mol. The molecule has 15 heavy (non-hydrogen) atoms. The van der Waals surface area contributed by atoms with Crippen LogP contribution in [0.4, 0.5) is 0 Å². The molecule has 86 valence electrons. The van der Waals surface area contributed by atoms with Crippen LogP contribution < -0.4 is 5.32 Å². The van der Waals surface area contributed by atoms with Gasteiger partial charge in [0, 0.05) is 30.7 Å². The van der Waals surface area contributed by atoms with Crippen molar-refractivity contribution < 1.29 is 9.53 Å². The lowest BCUT2D eigenvalue weighted by atomic mass is 10.5. The highest BCUT2D eigenvalue weighted by molar-refractivity contribution is 7.99. The molecular formula is C11H19NO2S. The molecule has 0 fully saturated rings. The summed E-state index contributed by atoms with van der Waals surface area (Å²) in [5, 5.41) is 3.19. The van der Waals surface area contributed by atoms with Crippen LogP contribution in [0.5, 0.6) is 0 Å². The predicted molar refractivity (Wildman–Crippen MR) is 66.2 cm³/mol. The molecular weight excluding hydrogens is 210 g/mol. The summed E-state index contributed by atoms with van der Waals surface area (Å²) in [5.74, 6) is 1.76. The molecule has 1 N–H and O–H groups in total. The molecule has 0 radical (unpaired) electrons. The van der Waals surface area contributed by atoms with Gasteiger partial charge in [-0.05, 0) is 6.92 Å². The number of hydrogen-bond donors (Lipinski definition) is 1. The molecule has 0 aliphatic heterocycles. The fourth-order valence-corrected chi connectivity index (χ4v) is 1.46. The van der Waals surface area contributed by atoms with Crippen LogP contribution in [0.25, 0.3) is 0 Å². The Morgan fingerprint density at radius 1 is 1.60 bits per heavy atom. The monoisotopic (exact) mass is 229 g/mol. The zero-order valence-corrected chi connectivity index (χ0v) is 10.0. The first-order valence-electron chi connectivity index (χ1n) is 5.04. The van der Waals surface area contributed by atoms with Gasteiger partial charge in [0.1, 0.15) is 0 Å². The van der Waals surface area contributed by atoms with Crippen molar-refractivity contribution in [1.82, 2.24) is 5.32 Å². The highest BCUT2D eigenvalue weighted by atomic mass is 32.2. The Bertz CT molecular complexity index is 205. The molecule has 0 aliphatic carbocycles. The smallest absolute Gasteiger partial charge is 0.330 e. The van der Waals surface area contributed by atoms with Crippen molar-refractivity contribution in [1.29, 1.82) is 0 Å².